The van der Waals surface area contributed by atoms with Crippen LogP contribution in [0.3, 0.4) is 0 Å². The lowest BCUT2D eigenvalue weighted by atomic mass is 9.72. The van der Waals surface area contributed by atoms with Gasteiger partial charge in [0.1, 0.15) is 0 Å². The Hall–Kier alpha value is -2.37. The van der Waals surface area contributed by atoms with Crippen LogP contribution in [0.15, 0.2) is 60.7 Å². The highest BCUT2D eigenvalue weighted by Gasteiger charge is 2.51. The molecule has 1 amide bonds. The molecule has 2 aromatic carbocycles. The van der Waals surface area contributed by atoms with Gasteiger partial charge in [0.2, 0.25) is 0 Å². The van der Waals surface area contributed by atoms with Gasteiger partial charge in [0.25, 0.3) is 0 Å². The van der Waals surface area contributed by atoms with Crippen LogP contribution in [0.2, 0.25) is 0 Å². The summed E-state index contributed by atoms with van der Waals surface area (Å²) in [7, 11) is 0. The summed E-state index contributed by atoms with van der Waals surface area (Å²) in [5.41, 5.74) is 2.10. The van der Waals surface area contributed by atoms with E-state index in [9.17, 15) is 9.90 Å². The first-order valence-corrected chi connectivity index (χ1v) is 11.3. The van der Waals surface area contributed by atoms with E-state index in [0.29, 0.717) is 12.6 Å². The molecular formula is C26H35N3O2. The molecular weight excluding hydrogens is 386 g/mol. The van der Waals surface area contributed by atoms with Gasteiger partial charge in [-0.3, -0.25) is 14.7 Å². The van der Waals surface area contributed by atoms with Gasteiger partial charge in [-0.05, 0) is 23.5 Å². The zero-order valence-corrected chi connectivity index (χ0v) is 19.2. The topological polar surface area (TPSA) is 47.0 Å². The largest absolute Gasteiger partial charge is 0.465 e. The Morgan fingerprint density at radius 2 is 1.48 bits per heavy atom. The van der Waals surface area contributed by atoms with E-state index in [-0.39, 0.29) is 11.5 Å². The quantitative estimate of drug-likeness (QED) is 0.786. The van der Waals surface area contributed by atoms with Crippen molar-refractivity contribution in [1.82, 2.24) is 14.7 Å². The van der Waals surface area contributed by atoms with E-state index in [2.05, 4.69) is 98.2 Å². The van der Waals surface area contributed by atoms with Gasteiger partial charge in [0.15, 0.2) is 0 Å². The van der Waals surface area contributed by atoms with E-state index in [4.69, 9.17) is 0 Å². The molecule has 1 N–H and O–H groups in total. The Labute approximate surface area is 186 Å². The first-order chi connectivity index (χ1) is 14.7. The molecule has 4 rings (SSSR count). The van der Waals surface area contributed by atoms with E-state index in [1.807, 2.05) is 0 Å². The summed E-state index contributed by atoms with van der Waals surface area (Å²) in [5, 5.41) is 9.80. The third-order valence-electron chi connectivity index (χ3n) is 7.57. The molecule has 0 radical (unpaired) electrons. The summed E-state index contributed by atoms with van der Waals surface area (Å²) in [4.78, 5) is 18.7. The van der Waals surface area contributed by atoms with Crippen LogP contribution < -0.4 is 0 Å². The fraction of sp³-hybridized carbons (Fsp3) is 0.500. The summed E-state index contributed by atoms with van der Waals surface area (Å²) in [6, 6.07) is 22.2. The maximum absolute atomic E-state index is 11.9. The Morgan fingerprint density at radius 3 is 1.94 bits per heavy atom. The summed E-state index contributed by atoms with van der Waals surface area (Å²) in [6.07, 6.45) is -0.805. The van der Waals surface area contributed by atoms with E-state index in [1.165, 1.54) is 11.1 Å². The molecule has 2 fully saturated rings. The van der Waals surface area contributed by atoms with Crippen molar-refractivity contribution in [3.05, 3.63) is 71.8 Å². The zero-order valence-electron chi connectivity index (χ0n) is 19.2. The van der Waals surface area contributed by atoms with E-state index < -0.39 is 11.6 Å². The van der Waals surface area contributed by atoms with Crippen molar-refractivity contribution in [2.75, 3.05) is 32.7 Å². The molecule has 0 unspecified atom stereocenters. The van der Waals surface area contributed by atoms with Crippen LogP contribution in [0.1, 0.15) is 44.9 Å². The third-order valence-corrected chi connectivity index (χ3v) is 7.57. The monoisotopic (exact) mass is 421 g/mol. The second kappa shape index (κ2) is 8.29. The number of amides is 1. The number of hydrogen-bond donors (Lipinski definition) is 1. The maximum atomic E-state index is 11.9. The van der Waals surface area contributed by atoms with Crippen molar-refractivity contribution in [3.8, 4) is 0 Å². The third kappa shape index (κ3) is 4.09. The minimum Gasteiger partial charge on any atom is -0.465 e. The highest BCUT2D eigenvalue weighted by atomic mass is 16.4. The summed E-state index contributed by atoms with van der Waals surface area (Å²) >= 11 is 0. The van der Waals surface area contributed by atoms with Gasteiger partial charge in [-0.1, -0.05) is 81.4 Å². The van der Waals surface area contributed by atoms with E-state index in [0.717, 1.165) is 26.2 Å². The number of nitrogens with zero attached hydrogens (tertiary/aromatic N) is 3. The minimum absolute atomic E-state index is 0.135. The van der Waals surface area contributed by atoms with Gasteiger partial charge < -0.3 is 5.11 Å². The molecule has 31 heavy (non-hydrogen) atoms. The van der Waals surface area contributed by atoms with Crippen molar-refractivity contribution in [3.63, 3.8) is 0 Å². The lowest BCUT2D eigenvalue weighted by Gasteiger charge is -2.58. The fourth-order valence-electron chi connectivity index (χ4n) is 5.11. The highest BCUT2D eigenvalue weighted by Crippen LogP contribution is 2.40. The normalized spacial score (nSPS) is 23.7. The van der Waals surface area contributed by atoms with Crippen molar-refractivity contribution in [1.29, 1.82) is 0 Å². The van der Waals surface area contributed by atoms with E-state index in [1.54, 1.807) is 4.90 Å². The first kappa shape index (κ1) is 21.8. The molecule has 166 valence electrons. The molecule has 0 spiro atoms. The van der Waals surface area contributed by atoms with Crippen LogP contribution in [0.25, 0.3) is 0 Å². The van der Waals surface area contributed by atoms with Crippen molar-refractivity contribution in [2.24, 2.45) is 5.41 Å². The molecule has 0 bridgehead atoms. The Kier molecular flexibility index (Phi) is 5.84. The molecule has 0 aromatic heterocycles. The summed E-state index contributed by atoms with van der Waals surface area (Å²) < 4.78 is 0. The summed E-state index contributed by atoms with van der Waals surface area (Å²) in [5.74, 6) is 0. The zero-order chi connectivity index (χ0) is 22.2. The SMILES string of the molecule is CC(C)(C)[C@@]1(C)CN(C2CN(C(c3ccccc3)c3ccccc3)C2)CCN1C(=O)O. The van der Waals surface area contributed by atoms with Gasteiger partial charge >= 0.3 is 6.09 Å². The molecule has 5 nitrogen and oxygen atoms in total. The van der Waals surface area contributed by atoms with Crippen molar-refractivity contribution >= 4 is 6.09 Å². The van der Waals surface area contributed by atoms with Gasteiger partial charge in [0, 0.05) is 38.8 Å². The molecule has 0 saturated carbocycles. The average molecular weight is 422 g/mol. The lowest BCUT2D eigenvalue weighted by Crippen LogP contribution is -2.72. The number of carboxylic acid groups (broad SMARTS) is 1. The van der Waals surface area contributed by atoms with E-state index >= 15 is 0 Å². The molecule has 0 aliphatic carbocycles. The number of carbonyl (C=O) groups is 1. The first-order valence-electron chi connectivity index (χ1n) is 11.3. The van der Waals surface area contributed by atoms with Crippen molar-refractivity contribution < 1.29 is 9.90 Å². The van der Waals surface area contributed by atoms with Crippen LogP contribution in [0, 0.1) is 5.41 Å². The molecule has 2 saturated heterocycles. The molecule has 2 aliphatic heterocycles. The molecule has 1 atom stereocenters. The molecule has 5 heteroatoms. The number of hydrogen-bond acceptors (Lipinski definition) is 3. The molecule has 2 heterocycles. The van der Waals surface area contributed by atoms with Crippen LogP contribution in [0.5, 0.6) is 0 Å². The molecule has 2 aliphatic rings. The fourth-order valence-corrected chi connectivity index (χ4v) is 5.11. The standard InChI is InChI=1S/C26H35N3O2/c1-25(2,3)26(4)19-27(15-16-29(26)24(30)31)22-17-28(18-22)23(20-11-7-5-8-12-20)21-13-9-6-10-14-21/h5-14,22-23H,15-19H2,1-4H3,(H,30,31)/t26-/m1/s1. The minimum atomic E-state index is -0.805. The summed E-state index contributed by atoms with van der Waals surface area (Å²) in [6.45, 7) is 12.7. The average Bonchev–Trinajstić information content (AvgIpc) is 2.70. The number of benzene rings is 2. The second-order valence-electron chi connectivity index (χ2n) is 10.3. The Balaban J connectivity index is 1.50. The van der Waals surface area contributed by atoms with Gasteiger partial charge in [-0.25, -0.2) is 4.79 Å². The number of piperazine rings is 1. The predicted octanol–water partition coefficient (Wildman–Crippen LogP) is 4.56. The highest BCUT2D eigenvalue weighted by molar-refractivity contribution is 5.66. The van der Waals surface area contributed by atoms with Gasteiger partial charge in [0.05, 0.1) is 11.6 Å². The number of likely N-dealkylation sites (tertiary alicyclic amines) is 1. The van der Waals surface area contributed by atoms with Crippen LogP contribution in [-0.2, 0) is 0 Å². The van der Waals surface area contributed by atoms with Gasteiger partial charge in [-0.15, -0.1) is 0 Å². The van der Waals surface area contributed by atoms with Crippen LogP contribution >= 0.6 is 0 Å². The smallest absolute Gasteiger partial charge is 0.407 e. The Morgan fingerprint density at radius 1 is 0.968 bits per heavy atom. The van der Waals surface area contributed by atoms with Gasteiger partial charge in [-0.2, -0.15) is 0 Å². The lowest BCUT2D eigenvalue weighted by molar-refractivity contribution is -0.0833. The van der Waals surface area contributed by atoms with Crippen LogP contribution in [0.4, 0.5) is 4.79 Å². The van der Waals surface area contributed by atoms with Crippen molar-refractivity contribution in [2.45, 2.75) is 45.3 Å². The molecule has 2 aromatic rings. The van der Waals surface area contributed by atoms with Crippen LogP contribution in [-0.4, -0.2) is 70.2 Å². The number of rotatable bonds is 4. The maximum Gasteiger partial charge on any atom is 0.407 e. The predicted molar refractivity (Wildman–Crippen MR) is 124 cm³/mol. The Bertz CT molecular complexity index is 850. The second-order valence-corrected chi connectivity index (χ2v) is 10.3.